The predicted molar refractivity (Wildman–Crippen MR) is 114 cm³/mol. The molecule has 1 aliphatic heterocycles. The number of carbonyl (C=O) groups excluding carboxylic acids is 2. The molecule has 0 spiro atoms. The molecule has 0 fully saturated rings. The number of ether oxygens (including phenoxy) is 1. The summed E-state index contributed by atoms with van der Waals surface area (Å²) in [6, 6.07) is 13.0. The number of para-hydroxylation sites is 2. The molecule has 6 nitrogen and oxygen atoms in total. The summed E-state index contributed by atoms with van der Waals surface area (Å²) in [5.41, 5.74) is 2.40. The fourth-order valence-corrected chi connectivity index (χ4v) is 3.90. The fourth-order valence-electron chi connectivity index (χ4n) is 3.49. The number of amides is 2. The average molecular weight is 446 g/mol. The number of likely N-dealkylation sites (N-methyl/N-ethyl adjacent to an activating group) is 1. The molecule has 148 valence electrons. The van der Waals surface area contributed by atoms with E-state index in [1.807, 2.05) is 61.3 Å². The Morgan fingerprint density at radius 2 is 2.07 bits per heavy atom. The van der Waals surface area contributed by atoms with Crippen LogP contribution < -0.4 is 15.0 Å². The van der Waals surface area contributed by atoms with E-state index < -0.39 is 0 Å². The molecule has 28 heavy (non-hydrogen) atoms. The third-order valence-electron chi connectivity index (χ3n) is 4.72. The van der Waals surface area contributed by atoms with Crippen LogP contribution in [0.1, 0.15) is 18.9 Å². The van der Waals surface area contributed by atoms with Gasteiger partial charge in [-0.3, -0.25) is 14.5 Å². The fraction of sp³-hybridized carbons (Fsp3) is 0.333. The number of fused-ring (bicyclic) bond motifs is 1. The SMILES string of the molecule is COc1ccc(Br)cc1CN(C)CC(=O)N1c2ccccc2NC(=O)CC1C. The third kappa shape index (κ3) is 4.54. The number of anilines is 2. The maximum Gasteiger partial charge on any atom is 0.241 e. The van der Waals surface area contributed by atoms with Crippen molar-refractivity contribution in [2.45, 2.75) is 25.9 Å². The highest BCUT2D eigenvalue weighted by atomic mass is 79.9. The second-order valence-electron chi connectivity index (χ2n) is 7.01. The predicted octanol–water partition coefficient (Wildman–Crippen LogP) is 3.65. The second kappa shape index (κ2) is 8.75. The van der Waals surface area contributed by atoms with Crippen LogP contribution in [0.5, 0.6) is 5.75 Å². The van der Waals surface area contributed by atoms with Crippen molar-refractivity contribution in [1.29, 1.82) is 0 Å². The summed E-state index contributed by atoms with van der Waals surface area (Å²) in [6.07, 6.45) is 0.267. The first-order valence-electron chi connectivity index (χ1n) is 9.11. The van der Waals surface area contributed by atoms with Gasteiger partial charge in [0, 0.05) is 29.0 Å². The minimum Gasteiger partial charge on any atom is -0.496 e. The van der Waals surface area contributed by atoms with Gasteiger partial charge in [-0.05, 0) is 44.3 Å². The topological polar surface area (TPSA) is 61.9 Å². The van der Waals surface area contributed by atoms with Crippen molar-refractivity contribution in [3.05, 3.63) is 52.5 Å². The van der Waals surface area contributed by atoms with Gasteiger partial charge in [0.05, 0.1) is 25.0 Å². The van der Waals surface area contributed by atoms with E-state index in [1.165, 1.54) is 0 Å². The lowest BCUT2D eigenvalue weighted by Crippen LogP contribution is -2.44. The Morgan fingerprint density at radius 1 is 1.32 bits per heavy atom. The third-order valence-corrected chi connectivity index (χ3v) is 5.21. The Morgan fingerprint density at radius 3 is 2.82 bits per heavy atom. The molecule has 3 rings (SSSR count). The molecule has 1 unspecified atom stereocenters. The summed E-state index contributed by atoms with van der Waals surface area (Å²) < 4.78 is 6.39. The lowest BCUT2D eigenvalue weighted by molar-refractivity contribution is -0.120. The number of nitrogens with one attached hydrogen (secondary N) is 1. The van der Waals surface area contributed by atoms with Crippen molar-refractivity contribution in [3.8, 4) is 5.75 Å². The van der Waals surface area contributed by atoms with E-state index in [0.29, 0.717) is 12.2 Å². The van der Waals surface area contributed by atoms with Crippen LogP contribution in [0.15, 0.2) is 46.9 Å². The van der Waals surface area contributed by atoms with Crippen LogP contribution in [0.3, 0.4) is 0 Å². The van der Waals surface area contributed by atoms with Crippen LogP contribution in [0.25, 0.3) is 0 Å². The minimum atomic E-state index is -0.218. The van der Waals surface area contributed by atoms with Crippen molar-refractivity contribution in [1.82, 2.24) is 4.90 Å². The van der Waals surface area contributed by atoms with Gasteiger partial charge in [0.15, 0.2) is 0 Å². The summed E-state index contributed by atoms with van der Waals surface area (Å²) in [4.78, 5) is 28.9. The van der Waals surface area contributed by atoms with Crippen molar-refractivity contribution >= 4 is 39.1 Å². The number of hydrogen-bond acceptors (Lipinski definition) is 4. The first-order chi connectivity index (χ1) is 13.4. The maximum atomic E-state index is 13.2. The van der Waals surface area contributed by atoms with E-state index in [-0.39, 0.29) is 30.8 Å². The van der Waals surface area contributed by atoms with Gasteiger partial charge in [0.2, 0.25) is 11.8 Å². The van der Waals surface area contributed by atoms with Gasteiger partial charge in [-0.1, -0.05) is 28.1 Å². The van der Waals surface area contributed by atoms with Crippen LogP contribution in [0.4, 0.5) is 11.4 Å². The van der Waals surface area contributed by atoms with Crippen molar-refractivity contribution < 1.29 is 14.3 Å². The van der Waals surface area contributed by atoms with E-state index in [2.05, 4.69) is 21.2 Å². The van der Waals surface area contributed by atoms with Crippen LogP contribution in [-0.4, -0.2) is 43.5 Å². The lowest BCUT2D eigenvalue weighted by atomic mass is 10.1. The van der Waals surface area contributed by atoms with E-state index in [1.54, 1.807) is 12.0 Å². The van der Waals surface area contributed by atoms with Gasteiger partial charge >= 0.3 is 0 Å². The van der Waals surface area contributed by atoms with Gasteiger partial charge in [0.25, 0.3) is 0 Å². The molecule has 0 saturated carbocycles. The molecule has 2 amide bonds. The number of methoxy groups -OCH3 is 1. The van der Waals surface area contributed by atoms with Crippen molar-refractivity contribution in [3.63, 3.8) is 0 Å². The smallest absolute Gasteiger partial charge is 0.241 e. The number of nitrogens with zero attached hydrogens (tertiary/aromatic N) is 2. The zero-order valence-electron chi connectivity index (χ0n) is 16.2. The Bertz CT molecular complexity index is 887. The summed E-state index contributed by atoms with van der Waals surface area (Å²) in [6.45, 7) is 2.69. The van der Waals surface area contributed by atoms with Gasteiger partial charge in [-0.2, -0.15) is 0 Å². The Hall–Kier alpha value is -2.38. The first-order valence-corrected chi connectivity index (χ1v) is 9.90. The molecule has 1 N–H and O–H groups in total. The molecule has 2 aromatic carbocycles. The van der Waals surface area contributed by atoms with Crippen LogP contribution in [0.2, 0.25) is 0 Å². The molecule has 7 heteroatoms. The largest absolute Gasteiger partial charge is 0.496 e. The highest BCUT2D eigenvalue weighted by molar-refractivity contribution is 9.10. The monoisotopic (exact) mass is 445 g/mol. The molecule has 2 aromatic rings. The minimum absolute atomic E-state index is 0.0482. The average Bonchev–Trinajstić information content (AvgIpc) is 2.75. The number of rotatable bonds is 5. The Kier molecular flexibility index (Phi) is 6.36. The van der Waals surface area contributed by atoms with Gasteiger partial charge in [0.1, 0.15) is 5.75 Å². The Labute approximate surface area is 173 Å². The summed E-state index contributed by atoms with van der Waals surface area (Å²) in [7, 11) is 3.54. The molecule has 0 saturated heterocycles. The summed E-state index contributed by atoms with van der Waals surface area (Å²) in [5.74, 6) is 0.654. The van der Waals surface area contributed by atoms with E-state index >= 15 is 0 Å². The van der Waals surface area contributed by atoms with Crippen LogP contribution >= 0.6 is 15.9 Å². The number of halogens is 1. The molecule has 0 bridgehead atoms. The maximum absolute atomic E-state index is 13.2. The summed E-state index contributed by atoms with van der Waals surface area (Å²) >= 11 is 3.48. The zero-order valence-corrected chi connectivity index (χ0v) is 17.8. The molecule has 0 radical (unpaired) electrons. The first kappa shape index (κ1) is 20.4. The highest BCUT2D eigenvalue weighted by Crippen LogP contribution is 2.31. The molecular formula is C21H24BrN3O3. The number of benzene rings is 2. The lowest BCUT2D eigenvalue weighted by Gasteiger charge is -2.30. The molecule has 1 heterocycles. The van der Waals surface area contributed by atoms with E-state index in [9.17, 15) is 9.59 Å². The van der Waals surface area contributed by atoms with Gasteiger partial charge in [-0.15, -0.1) is 0 Å². The molecule has 1 aliphatic rings. The van der Waals surface area contributed by atoms with E-state index in [4.69, 9.17) is 4.74 Å². The molecule has 0 aromatic heterocycles. The van der Waals surface area contributed by atoms with Crippen LogP contribution in [-0.2, 0) is 16.1 Å². The number of hydrogen-bond donors (Lipinski definition) is 1. The zero-order chi connectivity index (χ0) is 20.3. The second-order valence-corrected chi connectivity index (χ2v) is 7.93. The standard InChI is InChI=1S/C21H24BrN3O3/c1-14-10-20(26)23-17-6-4-5-7-18(17)25(14)21(27)13-24(2)12-15-11-16(22)8-9-19(15)28-3/h4-9,11,14H,10,12-13H2,1-3H3,(H,23,26). The van der Waals surface area contributed by atoms with Crippen molar-refractivity contribution in [2.24, 2.45) is 0 Å². The molecule has 0 aliphatic carbocycles. The highest BCUT2D eigenvalue weighted by Gasteiger charge is 2.29. The summed E-state index contributed by atoms with van der Waals surface area (Å²) in [5, 5.41) is 2.88. The van der Waals surface area contributed by atoms with Gasteiger partial charge < -0.3 is 15.0 Å². The Balaban J connectivity index is 1.78. The van der Waals surface area contributed by atoms with Crippen molar-refractivity contribution in [2.75, 3.05) is 30.9 Å². The van der Waals surface area contributed by atoms with Crippen LogP contribution in [0, 0.1) is 0 Å². The van der Waals surface area contributed by atoms with Gasteiger partial charge in [-0.25, -0.2) is 0 Å². The number of carbonyl (C=O) groups is 2. The molecule has 1 atom stereocenters. The normalized spacial score (nSPS) is 16.4. The van der Waals surface area contributed by atoms with E-state index in [0.717, 1.165) is 21.5 Å². The quantitative estimate of drug-likeness (QED) is 0.762. The molecular weight excluding hydrogens is 422 g/mol.